The van der Waals surface area contributed by atoms with Gasteiger partial charge >= 0.3 is 0 Å². The second-order valence-electron chi connectivity index (χ2n) is 6.18. The molecule has 0 N–H and O–H groups in total. The summed E-state index contributed by atoms with van der Waals surface area (Å²) in [4.78, 5) is 0. The minimum atomic E-state index is 0.985. The monoisotopic (exact) mass is 274 g/mol. The van der Waals surface area contributed by atoms with E-state index in [0.29, 0.717) is 0 Å². The van der Waals surface area contributed by atoms with E-state index in [4.69, 9.17) is 6.42 Å². The van der Waals surface area contributed by atoms with Crippen molar-refractivity contribution in [2.24, 2.45) is 0 Å². The van der Waals surface area contributed by atoms with Crippen LogP contribution in [-0.4, -0.2) is 0 Å². The largest absolute Gasteiger partial charge is 0.115 e. The van der Waals surface area contributed by atoms with Crippen LogP contribution in [-0.2, 0) is 0 Å². The fourth-order valence-electron chi connectivity index (χ4n) is 4.26. The molecule has 0 aromatic heterocycles. The summed E-state index contributed by atoms with van der Waals surface area (Å²) in [5.74, 6) is 2.85. The molecule has 98 valence electrons. The Labute approximate surface area is 127 Å². The van der Waals surface area contributed by atoms with Crippen molar-refractivity contribution in [1.82, 2.24) is 0 Å². The Morgan fingerprint density at radius 3 is 1.64 bits per heavy atom. The highest BCUT2D eigenvalue weighted by Crippen LogP contribution is 2.45. The minimum absolute atomic E-state index is 0.985. The van der Waals surface area contributed by atoms with Gasteiger partial charge in [0.2, 0.25) is 0 Å². The Morgan fingerprint density at radius 2 is 1.05 bits per heavy atom. The number of rotatable bonds is 0. The van der Waals surface area contributed by atoms with Gasteiger partial charge in [-0.05, 0) is 78.1 Å². The summed E-state index contributed by atoms with van der Waals surface area (Å²) in [6.07, 6.45) is 5.74. The van der Waals surface area contributed by atoms with Gasteiger partial charge < -0.3 is 0 Å². The molecule has 0 aliphatic rings. The Hall–Kier alpha value is -3.04. The van der Waals surface area contributed by atoms with E-state index in [1.165, 1.54) is 53.9 Å². The second-order valence-corrected chi connectivity index (χ2v) is 6.18. The topological polar surface area (TPSA) is 0 Å². The van der Waals surface area contributed by atoms with E-state index in [1.54, 1.807) is 0 Å². The summed E-state index contributed by atoms with van der Waals surface area (Å²) >= 11 is 0. The van der Waals surface area contributed by atoms with Crippen molar-refractivity contribution < 1.29 is 0 Å². The molecular weight excluding hydrogens is 264 g/mol. The fraction of sp³-hybridized carbons (Fsp3) is 0. The minimum Gasteiger partial charge on any atom is -0.115 e. The highest BCUT2D eigenvalue weighted by molar-refractivity contribution is 6.38. The summed E-state index contributed by atoms with van der Waals surface area (Å²) in [7, 11) is 0. The van der Waals surface area contributed by atoms with Gasteiger partial charge in [-0.25, -0.2) is 0 Å². The van der Waals surface area contributed by atoms with E-state index in [1.807, 2.05) is 0 Å². The molecule has 0 heteroatoms. The molecule has 0 heterocycles. The molecule has 0 aliphatic carbocycles. The normalized spacial score (nSPS) is 12.5. The van der Waals surface area contributed by atoms with E-state index in [-0.39, 0.29) is 0 Å². The van der Waals surface area contributed by atoms with Crippen molar-refractivity contribution in [1.29, 1.82) is 0 Å². The molecule has 6 rings (SSSR count). The van der Waals surface area contributed by atoms with Crippen LogP contribution >= 0.6 is 0 Å². The molecule has 22 heavy (non-hydrogen) atoms. The first-order chi connectivity index (χ1) is 10.8. The quantitative estimate of drug-likeness (QED) is 0.244. The molecule has 0 bridgehead atoms. The molecule has 0 aliphatic heterocycles. The Kier molecular flexibility index (Phi) is 1.57. The summed E-state index contributed by atoms with van der Waals surface area (Å²) in [6, 6.07) is 20.0. The SMILES string of the molecule is C#Cc1ccc2cc3ccc4cc5ccc6cc1c2c(c43)c56. The number of benzene rings is 4. The molecule has 0 fully saturated rings. The van der Waals surface area contributed by atoms with Crippen molar-refractivity contribution in [3.05, 3.63) is 60.2 Å². The van der Waals surface area contributed by atoms with E-state index < -0.39 is 0 Å². The molecule has 0 nitrogen and oxygen atoms in total. The summed E-state index contributed by atoms with van der Waals surface area (Å²) in [6.45, 7) is 0. The van der Waals surface area contributed by atoms with Crippen LogP contribution < -0.4 is 0 Å². The first-order valence-electron chi connectivity index (χ1n) is 7.50. The Bertz CT molecular complexity index is 1350. The van der Waals surface area contributed by atoms with Gasteiger partial charge in [0.05, 0.1) is 0 Å². The number of terminal acetylenes is 1. The van der Waals surface area contributed by atoms with Crippen LogP contribution in [0.15, 0.2) is 54.6 Å². The molecule has 0 saturated heterocycles. The first kappa shape index (κ1) is 10.7. The molecule has 0 unspecified atom stereocenters. The lowest BCUT2D eigenvalue weighted by atomic mass is 9.89. The number of hydrogen-bond donors (Lipinski definition) is 0. The lowest BCUT2D eigenvalue weighted by Crippen LogP contribution is -1.87. The van der Waals surface area contributed by atoms with E-state index in [9.17, 15) is 0 Å². The lowest BCUT2D eigenvalue weighted by Gasteiger charge is -2.13. The third-order valence-corrected chi connectivity index (χ3v) is 5.14. The van der Waals surface area contributed by atoms with E-state index in [0.717, 1.165) is 5.56 Å². The highest BCUT2D eigenvalue weighted by Gasteiger charge is 2.18. The zero-order valence-electron chi connectivity index (χ0n) is 11.8. The van der Waals surface area contributed by atoms with Crippen LogP contribution in [0.25, 0.3) is 53.9 Å². The maximum atomic E-state index is 5.74. The van der Waals surface area contributed by atoms with Gasteiger partial charge in [0.15, 0.2) is 0 Å². The molecule has 6 aromatic rings. The summed E-state index contributed by atoms with van der Waals surface area (Å²) in [5.41, 5.74) is 0.985. The fourth-order valence-corrected chi connectivity index (χ4v) is 4.26. The second kappa shape index (κ2) is 3.24. The summed E-state index contributed by atoms with van der Waals surface area (Å²) in [5, 5.41) is 13.2. The van der Waals surface area contributed by atoms with Crippen molar-refractivity contribution in [2.75, 3.05) is 0 Å². The third-order valence-electron chi connectivity index (χ3n) is 5.14. The van der Waals surface area contributed by atoms with Crippen LogP contribution in [0, 0.1) is 12.3 Å². The predicted molar refractivity (Wildman–Crippen MR) is 95.5 cm³/mol. The average Bonchev–Trinajstić information content (AvgIpc) is 3.14. The van der Waals surface area contributed by atoms with Gasteiger partial charge in [-0.2, -0.15) is 0 Å². The molecular formula is C22H10. The van der Waals surface area contributed by atoms with Gasteiger partial charge in [0.25, 0.3) is 0 Å². The first-order valence-corrected chi connectivity index (χ1v) is 7.50. The predicted octanol–water partition coefficient (Wildman–Crippen LogP) is 5.75. The van der Waals surface area contributed by atoms with Gasteiger partial charge in [-0.3, -0.25) is 0 Å². The zero-order valence-corrected chi connectivity index (χ0v) is 11.8. The molecule has 0 spiro atoms. The standard InChI is InChI=1S/C22H10/c1-2-12-3-4-16-10-15-6-5-13-9-14-7-8-17-11-18(12)21(16)22(19(13)15)20(14)17/h1,3-11H. The van der Waals surface area contributed by atoms with Crippen LogP contribution in [0.4, 0.5) is 0 Å². The van der Waals surface area contributed by atoms with Crippen molar-refractivity contribution in [2.45, 2.75) is 0 Å². The molecule has 0 radical (unpaired) electrons. The maximum Gasteiger partial charge on any atom is 0.0321 e. The average molecular weight is 274 g/mol. The molecule has 6 aromatic carbocycles. The summed E-state index contributed by atoms with van der Waals surface area (Å²) < 4.78 is 0. The van der Waals surface area contributed by atoms with Crippen molar-refractivity contribution >= 4 is 53.9 Å². The lowest BCUT2D eigenvalue weighted by molar-refractivity contribution is 1.79. The van der Waals surface area contributed by atoms with E-state index >= 15 is 0 Å². The molecule has 0 amide bonds. The van der Waals surface area contributed by atoms with Gasteiger partial charge in [-0.15, -0.1) is 6.42 Å². The van der Waals surface area contributed by atoms with Crippen LogP contribution in [0.3, 0.4) is 0 Å². The zero-order chi connectivity index (χ0) is 14.4. The smallest absolute Gasteiger partial charge is 0.0321 e. The highest BCUT2D eigenvalue weighted by atomic mass is 14.2. The van der Waals surface area contributed by atoms with Crippen LogP contribution in [0.5, 0.6) is 0 Å². The van der Waals surface area contributed by atoms with Gasteiger partial charge in [0.1, 0.15) is 0 Å². The third kappa shape index (κ3) is 0.993. The maximum absolute atomic E-state index is 5.74. The van der Waals surface area contributed by atoms with Crippen LogP contribution in [0.2, 0.25) is 0 Å². The number of hydrogen-bond acceptors (Lipinski definition) is 0. The molecule has 0 atom stereocenters. The van der Waals surface area contributed by atoms with Crippen molar-refractivity contribution in [3.63, 3.8) is 0 Å². The van der Waals surface area contributed by atoms with Gasteiger partial charge in [-0.1, -0.05) is 36.3 Å². The molecule has 0 saturated carbocycles. The Morgan fingerprint density at radius 1 is 0.545 bits per heavy atom. The van der Waals surface area contributed by atoms with Crippen LogP contribution in [0.1, 0.15) is 5.56 Å². The Balaban J connectivity index is 2.17. The van der Waals surface area contributed by atoms with Gasteiger partial charge in [0, 0.05) is 5.56 Å². The van der Waals surface area contributed by atoms with E-state index in [2.05, 4.69) is 60.5 Å². The van der Waals surface area contributed by atoms with Crippen molar-refractivity contribution in [3.8, 4) is 12.3 Å².